The van der Waals surface area contributed by atoms with Gasteiger partial charge in [-0.1, -0.05) is 0 Å². The standard InChI is InChI=1S/C16H14Se/c1-3-7-13(8-4-1)15-11-17-12-16(15)14-9-5-2-6-10-14/h1-10H,11-12H2. The van der Waals surface area contributed by atoms with E-state index in [0.29, 0.717) is 0 Å². The monoisotopic (exact) mass is 286 g/mol. The van der Waals surface area contributed by atoms with Gasteiger partial charge < -0.3 is 0 Å². The van der Waals surface area contributed by atoms with Crippen molar-refractivity contribution in [1.82, 2.24) is 0 Å². The van der Waals surface area contributed by atoms with E-state index < -0.39 is 0 Å². The summed E-state index contributed by atoms with van der Waals surface area (Å²) in [5, 5.41) is 2.56. The van der Waals surface area contributed by atoms with Gasteiger partial charge in [0.2, 0.25) is 0 Å². The molecule has 0 N–H and O–H groups in total. The Labute approximate surface area is 109 Å². The Hall–Kier alpha value is -1.30. The molecule has 1 aliphatic rings. The molecule has 17 heavy (non-hydrogen) atoms. The maximum absolute atomic E-state index is 2.24. The van der Waals surface area contributed by atoms with Crippen molar-refractivity contribution in [2.24, 2.45) is 0 Å². The Balaban J connectivity index is 2.08. The molecule has 0 aliphatic carbocycles. The molecule has 84 valence electrons. The normalized spacial score (nSPS) is 15.3. The summed E-state index contributed by atoms with van der Waals surface area (Å²) in [5.74, 6) is 0. The Morgan fingerprint density at radius 3 is 1.41 bits per heavy atom. The van der Waals surface area contributed by atoms with Crippen LogP contribution in [0.4, 0.5) is 0 Å². The Kier molecular flexibility index (Phi) is 3.13. The zero-order chi connectivity index (χ0) is 11.5. The van der Waals surface area contributed by atoms with Crippen LogP contribution in [-0.4, -0.2) is 15.0 Å². The van der Waals surface area contributed by atoms with E-state index in [4.69, 9.17) is 0 Å². The third-order valence-corrected chi connectivity index (χ3v) is 5.17. The van der Waals surface area contributed by atoms with Gasteiger partial charge in [0.1, 0.15) is 0 Å². The van der Waals surface area contributed by atoms with E-state index in [2.05, 4.69) is 60.7 Å². The molecule has 0 spiro atoms. The molecule has 1 heterocycles. The van der Waals surface area contributed by atoms with E-state index in [1.807, 2.05) is 0 Å². The summed E-state index contributed by atoms with van der Waals surface area (Å²) in [7, 11) is 0. The first kappa shape index (κ1) is 10.8. The van der Waals surface area contributed by atoms with Crippen LogP contribution in [-0.2, 0) is 0 Å². The molecule has 2 aromatic carbocycles. The predicted molar refractivity (Wildman–Crippen MR) is 75.1 cm³/mol. The molecule has 0 atom stereocenters. The van der Waals surface area contributed by atoms with E-state index in [-0.39, 0.29) is 0 Å². The molecule has 3 rings (SSSR count). The van der Waals surface area contributed by atoms with E-state index in [9.17, 15) is 0 Å². The van der Waals surface area contributed by atoms with Gasteiger partial charge >= 0.3 is 109 Å². The molecule has 0 radical (unpaired) electrons. The first-order chi connectivity index (χ1) is 8.45. The topological polar surface area (TPSA) is 0 Å². The fraction of sp³-hybridized carbons (Fsp3) is 0.125. The van der Waals surface area contributed by atoms with Gasteiger partial charge in [-0.25, -0.2) is 0 Å². The first-order valence-corrected chi connectivity index (χ1v) is 8.28. The van der Waals surface area contributed by atoms with E-state index in [1.54, 1.807) is 11.1 Å². The van der Waals surface area contributed by atoms with Gasteiger partial charge in [0.05, 0.1) is 0 Å². The average Bonchev–Trinajstić information content (AvgIpc) is 2.90. The summed E-state index contributed by atoms with van der Waals surface area (Å²) < 4.78 is 0. The Morgan fingerprint density at radius 2 is 1.00 bits per heavy atom. The zero-order valence-corrected chi connectivity index (χ0v) is 11.3. The molecule has 0 aromatic heterocycles. The summed E-state index contributed by atoms with van der Waals surface area (Å²) in [5.41, 5.74) is 5.95. The summed E-state index contributed by atoms with van der Waals surface area (Å²) in [4.78, 5) is 0. The van der Waals surface area contributed by atoms with E-state index >= 15 is 0 Å². The fourth-order valence-corrected chi connectivity index (χ4v) is 4.72. The van der Waals surface area contributed by atoms with Crippen molar-refractivity contribution < 1.29 is 0 Å². The van der Waals surface area contributed by atoms with Gasteiger partial charge in [-0.05, 0) is 0 Å². The van der Waals surface area contributed by atoms with Crippen molar-refractivity contribution in [1.29, 1.82) is 0 Å². The quantitative estimate of drug-likeness (QED) is 0.727. The van der Waals surface area contributed by atoms with Crippen LogP contribution in [0.1, 0.15) is 11.1 Å². The molecule has 0 amide bonds. The molecule has 1 heteroatoms. The number of rotatable bonds is 2. The SMILES string of the molecule is c1ccc(C2=C(c3ccccc3)C[Se]C2)cc1. The minimum absolute atomic E-state index is 0.746. The second kappa shape index (κ2) is 4.91. The van der Waals surface area contributed by atoms with Crippen molar-refractivity contribution in [3.8, 4) is 0 Å². The van der Waals surface area contributed by atoms with Gasteiger partial charge in [0.25, 0.3) is 0 Å². The van der Waals surface area contributed by atoms with Crippen LogP contribution in [0, 0.1) is 0 Å². The third kappa shape index (κ3) is 2.22. The summed E-state index contributed by atoms with van der Waals surface area (Å²) in [6.45, 7) is 0. The molecule has 0 saturated heterocycles. The van der Waals surface area contributed by atoms with Gasteiger partial charge in [0.15, 0.2) is 0 Å². The molecule has 0 bridgehead atoms. The molecule has 0 saturated carbocycles. The molecular formula is C16H14Se. The van der Waals surface area contributed by atoms with Gasteiger partial charge in [0, 0.05) is 0 Å². The van der Waals surface area contributed by atoms with Crippen LogP contribution in [0.3, 0.4) is 0 Å². The molecule has 0 unspecified atom stereocenters. The zero-order valence-electron chi connectivity index (χ0n) is 9.60. The summed E-state index contributed by atoms with van der Waals surface area (Å²) in [6.07, 6.45) is 0. The Bertz CT molecular complexity index is 476. The van der Waals surface area contributed by atoms with Crippen molar-refractivity contribution in [3.63, 3.8) is 0 Å². The van der Waals surface area contributed by atoms with E-state index in [0.717, 1.165) is 15.0 Å². The van der Waals surface area contributed by atoms with Crippen LogP contribution < -0.4 is 0 Å². The Morgan fingerprint density at radius 1 is 0.588 bits per heavy atom. The molecule has 0 nitrogen and oxygen atoms in total. The molecular weight excluding hydrogens is 271 g/mol. The number of benzene rings is 2. The second-order valence-corrected chi connectivity index (χ2v) is 6.25. The van der Waals surface area contributed by atoms with Crippen molar-refractivity contribution in [3.05, 3.63) is 71.8 Å². The fourth-order valence-electron chi connectivity index (χ4n) is 2.22. The van der Waals surface area contributed by atoms with Crippen molar-refractivity contribution in [2.75, 3.05) is 0 Å². The predicted octanol–water partition coefficient (Wildman–Crippen LogP) is 4.15. The van der Waals surface area contributed by atoms with Crippen molar-refractivity contribution >= 4 is 26.1 Å². The number of allylic oxidation sites excluding steroid dienone is 2. The third-order valence-electron chi connectivity index (χ3n) is 3.10. The summed E-state index contributed by atoms with van der Waals surface area (Å²) in [6, 6.07) is 21.7. The van der Waals surface area contributed by atoms with Crippen LogP contribution in [0.25, 0.3) is 11.1 Å². The average molecular weight is 285 g/mol. The van der Waals surface area contributed by atoms with Crippen LogP contribution in [0.15, 0.2) is 60.7 Å². The summed E-state index contributed by atoms with van der Waals surface area (Å²) >= 11 is 0.746. The van der Waals surface area contributed by atoms with Crippen LogP contribution in [0.2, 0.25) is 10.6 Å². The minimum atomic E-state index is 0.746. The number of hydrogen-bond donors (Lipinski definition) is 0. The molecule has 1 aliphatic heterocycles. The van der Waals surface area contributed by atoms with Gasteiger partial charge in [-0.2, -0.15) is 0 Å². The van der Waals surface area contributed by atoms with Gasteiger partial charge in [-0.15, -0.1) is 0 Å². The first-order valence-electron chi connectivity index (χ1n) is 5.86. The van der Waals surface area contributed by atoms with Crippen LogP contribution >= 0.6 is 0 Å². The molecule has 0 fully saturated rings. The molecule has 2 aromatic rings. The van der Waals surface area contributed by atoms with Crippen molar-refractivity contribution in [2.45, 2.75) is 10.6 Å². The second-order valence-electron chi connectivity index (χ2n) is 4.18. The number of hydrogen-bond acceptors (Lipinski definition) is 0. The van der Waals surface area contributed by atoms with Crippen LogP contribution in [0.5, 0.6) is 0 Å². The maximum atomic E-state index is 2.24. The van der Waals surface area contributed by atoms with E-state index in [1.165, 1.54) is 21.8 Å². The van der Waals surface area contributed by atoms with Gasteiger partial charge in [-0.3, -0.25) is 0 Å².